The summed E-state index contributed by atoms with van der Waals surface area (Å²) in [7, 11) is 1.81. The van der Waals surface area contributed by atoms with E-state index in [1.165, 1.54) is 0 Å². The van der Waals surface area contributed by atoms with Gasteiger partial charge in [0.2, 0.25) is 11.8 Å². The van der Waals surface area contributed by atoms with Gasteiger partial charge in [0.05, 0.1) is 18.3 Å². The molecule has 0 bridgehead atoms. The lowest BCUT2D eigenvalue weighted by Gasteiger charge is -2.21. The molecule has 0 saturated carbocycles. The average Bonchev–Trinajstić information content (AvgIpc) is 3.12. The van der Waals surface area contributed by atoms with E-state index in [0.29, 0.717) is 24.1 Å². The van der Waals surface area contributed by atoms with Crippen molar-refractivity contribution in [2.24, 2.45) is 7.05 Å². The number of anilines is 1. The number of amides is 1. The van der Waals surface area contributed by atoms with Crippen LogP contribution in [0.15, 0.2) is 10.6 Å². The summed E-state index contributed by atoms with van der Waals surface area (Å²) in [6, 6.07) is 1.90. The number of hydrogen-bond donors (Lipinski definition) is 1. The fourth-order valence-electron chi connectivity index (χ4n) is 2.85. The number of carbonyl (C=O) groups excluding carboxylic acids is 1. The minimum Gasteiger partial charge on any atom is -0.340 e. The molecule has 1 fully saturated rings. The van der Waals surface area contributed by atoms with Gasteiger partial charge < -0.3 is 9.84 Å². The highest BCUT2D eigenvalue weighted by atomic mass is 16.5. The van der Waals surface area contributed by atoms with Crippen molar-refractivity contribution in [2.75, 3.05) is 18.4 Å². The molecule has 2 aromatic rings. The number of carbonyl (C=O) groups is 1. The fourth-order valence-corrected chi connectivity index (χ4v) is 2.85. The molecule has 0 aliphatic carbocycles. The molecule has 1 N–H and O–H groups in total. The molecule has 1 atom stereocenters. The van der Waals surface area contributed by atoms with Gasteiger partial charge in [-0.3, -0.25) is 14.4 Å². The smallest absolute Gasteiger partial charge is 0.239 e. The number of nitrogens with one attached hydrogen (secondary N) is 1. The minimum absolute atomic E-state index is 0.0523. The van der Waals surface area contributed by atoms with E-state index in [0.717, 1.165) is 25.1 Å². The molecule has 22 heavy (non-hydrogen) atoms. The van der Waals surface area contributed by atoms with Crippen molar-refractivity contribution in [3.8, 4) is 0 Å². The van der Waals surface area contributed by atoms with Crippen molar-refractivity contribution in [3.63, 3.8) is 0 Å². The summed E-state index contributed by atoms with van der Waals surface area (Å²) < 4.78 is 6.71. The molecule has 0 spiro atoms. The number of nitrogens with zero attached hydrogens (tertiary/aromatic N) is 5. The van der Waals surface area contributed by atoms with E-state index < -0.39 is 0 Å². The van der Waals surface area contributed by atoms with E-state index in [2.05, 4.69) is 25.5 Å². The molecule has 1 saturated heterocycles. The first-order valence-electron chi connectivity index (χ1n) is 7.37. The third-order valence-corrected chi connectivity index (χ3v) is 3.82. The zero-order valence-corrected chi connectivity index (χ0v) is 13.0. The standard InChI is InChI=1S/C14H20N6O2/c1-9-7-12(19(3)17-9)16-13(21)8-20-6-4-5-11(20)14-15-10(2)22-18-14/h7,11H,4-6,8H2,1-3H3,(H,16,21)/t11-/m1/s1. The highest BCUT2D eigenvalue weighted by molar-refractivity contribution is 5.91. The van der Waals surface area contributed by atoms with Crippen molar-refractivity contribution in [2.45, 2.75) is 32.7 Å². The van der Waals surface area contributed by atoms with Crippen molar-refractivity contribution in [3.05, 3.63) is 23.5 Å². The van der Waals surface area contributed by atoms with Gasteiger partial charge in [0.15, 0.2) is 5.82 Å². The van der Waals surface area contributed by atoms with E-state index in [4.69, 9.17) is 4.52 Å². The number of aryl methyl sites for hydroxylation is 3. The van der Waals surface area contributed by atoms with Crippen LogP contribution in [0.2, 0.25) is 0 Å². The van der Waals surface area contributed by atoms with Crippen LogP contribution in [0.4, 0.5) is 5.82 Å². The molecule has 118 valence electrons. The van der Waals surface area contributed by atoms with Gasteiger partial charge in [-0.1, -0.05) is 5.16 Å². The Morgan fingerprint density at radius 1 is 1.50 bits per heavy atom. The highest BCUT2D eigenvalue weighted by Gasteiger charge is 2.31. The van der Waals surface area contributed by atoms with Crippen LogP contribution in [-0.2, 0) is 11.8 Å². The second-order valence-corrected chi connectivity index (χ2v) is 5.64. The lowest BCUT2D eigenvalue weighted by molar-refractivity contribution is -0.117. The topological polar surface area (TPSA) is 89.1 Å². The molecule has 8 heteroatoms. The molecule has 1 aliphatic rings. The van der Waals surface area contributed by atoms with Crippen LogP contribution in [0.25, 0.3) is 0 Å². The predicted octanol–water partition coefficient (Wildman–Crippen LogP) is 1.20. The highest BCUT2D eigenvalue weighted by Crippen LogP contribution is 2.29. The van der Waals surface area contributed by atoms with E-state index in [1.54, 1.807) is 11.6 Å². The molecule has 0 unspecified atom stereocenters. The molecule has 3 heterocycles. The summed E-state index contributed by atoms with van der Waals surface area (Å²) in [5, 5.41) is 11.1. The van der Waals surface area contributed by atoms with Crippen LogP contribution < -0.4 is 5.32 Å². The van der Waals surface area contributed by atoms with Gasteiger partial charge in [0, 0.05) is 20.0 Å². The van der Waals surface area contributed by atoms with Crippen molar-refractivity contribution >= 4 is 11.7 Å². The summed E-state index contributed by atoms with van der Waals surface area (Å²) in [6.07, 6.45) is 1.97. The lowest BCUT2D eigenvalue weighted by Crippen LogP contribution is -2.33. The SMILES string of the molecule is Cc1cc(NC(=O)CN2CCC[C@@H]2c2noc(C)n2)n(C)n1. The van der Waals surface area contributed by atoms with Gasteiger partial charge in [-0.05, 0) is 26.3 Å². The maximum atomic E-state index is 12.3. The average molecular weight is 304 g/mol. The van der Waals surface area contributed by atoms with E-state index in [9.17, 15) is 4.79 Å². The maximum absolute atomic E-state index is 12.3. The Morgan fingerprint density at radius 2 is 2.32 bits per heavy atom. The first kappa shape index (κ1) is 14.7. The van der Waals surface area contributed by atoms with Crippen LogP contribution in [-0.4, -0.2) is 43.8 Å². The predicted molar refractivity (Wildman–Crippen MR) is 79.2 cm³/mol. The van der Waals surface area contributed by atoms with Crippen LogP contribution in [0, 0.1) is 13.8 Å². The Hall–Kier alpha value is -2.22. The third-order valence-electron chi connectivity index (χ3n) is 3.82. The van der Waals surface area contributed by atoms with Crippen molar-refractivity contribution < 1.29 is 9.32 Å². The number of likely N-dealkylation sites (tertiary alicyclic amines) is 1. The Kier molecular flexibility index (Phi) is 3.93. The van der Waals surface area contributed by atoms with Gasteiger partial charge in [-0.25, -0.2) is 0 Å². The van der Waals surface area contributed by atoms with Gasteiger partial charge in [0.1, 0.15) is 5.82 Å². The quantitative estimate of drug-likeness (QED) is 0.913. The van der Waals surface area contributed by atoms with Gasteiger partial charge in [0.25, 0.3) is 0 Å². The summed E-state index contributed by atoms with van der Waals surface area (Å²) in [6.45, 7) is 4.83. The zero-order valence-electron chi connectivity index (χ0n) is 13.0. The molecular formula is C14H20N6O2. The first-order chi connectivity index (χ1) is 10.5. The second-order valence-electron chi connectivity index (χ2n) is 5.64. The van der Waals surface area contributed by atoms with Crippen LogP contribution >= 0.6 is 0 Å². The molecule has 8 nitrogen and oxygen atoms in total. The monoisotopic (exact) mass is 304 g/mol. The summed E-state index contributed by atoms with van der Waals surface area (Å²) in [5.41, 5.74) is 0.874. The molecule has 1 amide bonds. The van der Waals surface area contributed by atoms with Crippen LogP contribution in [0.3, 0.4) is 0 Å². The number of aromatic nitrogens is 4. The van der Waals surface area contributed by atoms with Crippen molar-refractivity contribution in [1.29, 1.82) is 0 Å². The molecule has 1 aliphatic heterocycles. The summed E-state index contributed by atoms with van der Waals surface area (Å²) >= 11 is 0. The van der Waals surface area contributed by atoms with E-state index in [1.807, 2.05) is 20.0 Å². The molecule has 2 aromatic heterocycles. The fraction of sp³-hybridized carbons (Fsp3) is 0.571. The molecule has 0 radical (unpaired) electrons. The normalized spacial score (nSPS) is 18.8. The lowest BCUT2D eigenvalue weighted by atomic mass is 10.2. The first-order valence-corrected chi connectivity index (χ1v) is 7.37. The second kappa shape index (κ2) is 5.88. The number of hydrogen-bond acceptors (Lipinski definition) is 6. The summed E-state index contributed by atoms with van der Waals surface area (Å²) in [4.78, 5) is 18.6. The minimum atomic E-state index is -0.0601. The van der Waals surface area contributed by atoms with Crippen LogP contribution in [0.5, 0.6) is 0 Å². The number of rotatable bonds is 4. The Balaban J connectivity index is 1.64. The third kappa shape index (κ3) is 3.01. The van der Waals surface area contributed by atoms with Gasteiger partial charge >= 0.3 is 0 Å². The molecule has 0 aromatic carbocycles. The van der Waals surface area contributed by atoms with Crippen molar-refractivity contribution in [1.82, 2.24) is 24.8 Å². The van der Waals surface area contributed by atoms with E-state index >= 15 is 0 Å². The zero-order chi connectivity index (χ0) is 15.7. The van der Waals surface area contributed by atoms with E-state index in [-0.39, 0.29) is 11.9 Å². The Bertz CT molecular complexity index is 677. The largest absolute Gasteiger partial charge is 0.340 e. The summed E-state index contributed by atoms with van der Waals surface area (Å²) in [5.74, 6) is 1.86. The Labute approximate surface area is 128 Å². The molecule has 3 rings (SSSR count). The maximum Gasteiger partial charge on any atom is 0.239 e. The molecular weight excluding hydrogens is 284 g/mol. The van der Waals surface area contributed by atoms with Gasteiger partial charge in [-0.2, -0.15) is 10.1 Å². The Morgan fingerprint density at radius 3 is 2.95 bits per heavy atom. The van der Waals surface area contributed by atoms with Gasteiger partial charge in [-0.15, -0.1) is 0 Å². The van der Waals surface area contributed by atoms with Crippen LogP contribution in [0.1, 0.15) is 36.3 Å².